The lowest BCUT2D eigenvalue weighted by atomic mass is 9.88. The molecule has 0 atom stereocenters. The van der Waals surface area contributed by atoms with Gasteiger partial charge in [0.15, 0.2) is 0 Å². The molecule has 2 fully saturated rings. The van der Waals surface area contributed by atoms with Crippen LogP contribution in [0.15, 0.2) is 77.1 Å². The molecule has 0 bridgehead atoms. The van der Waals surface area contributed by atoms with Crippen molar-refractivity contribution in [2.45, 2.75) is 76.9 Å². The molecule has 22 heteroatoms. The van der Waals surface area contributed by atoms with Gasteiger partial charge in [-0.25, -0.2) is 19.3 Å². The Morgan fingerprint density at radius 3 is 1.83 bits per heavy atom. The number of benzene rings is 2. The summed E-state index contributed by atoms with van der Waals surface area (Å²) in [5.41, 5.74) is 11.0. The molecule has 0 radical (unpaired) electrons. The van der Waals surface area contributed by atoms with Crippen LogP contribution in [0.4, 0.5) is 15.8 Å². The van der Waals surface area contributed by atoms with Crippen LogP contribution in [0.5, 0.6) is 0 Å². The van der Waals surface area contributed by atoms with Gasteiger partial charge in [-0.15, -0.1) is 0 Å². The van der Waals surface area contributed by atoms with Gasteiger partial charge in [0.05, 0.1) is 95.6 Å². The van der Waals surface area contributed by atoms with Crippen molar-refractivity contribution in [2.24, 2.45) is 0 Å². The Morgan fingerprint density at radius 2 is 1.31 bits per heavy atom. The van der Waals surface area contributed by atoms with Crippen LogP contribution < -0.4 is 21.8 Å². The average Bonchev–Trinajstić information content (AvgIpc) is 4.34. The molecule has 19 nitrogen and oxygen atoms in total. The fourth-order valence-electron chi connectivity index (χ4n) is 10.9. The van der Waals surface area contributed by atoms with Gasteiger partial charge < -0.3 is 54.2 Å². The largest absolute Gasteiger partial charge is 0.384 e. The molecule has 0 amide bonds. The summed E-state index contributed by atoms with van der Waals surface area (Å²) in [6, 6.07) is 12.8. The monoisotopic (exact) mass is 1110 g/mol. The van der Waals surface area contributed by atoms with Crippen molar-refractivity contribution < 1.29 is 18.6 Å². The maximum Gasteiger partial charge on any atom is 0.261 e. The third kappa shape index (κ3) is 13.4. The van der Waals surface area contributed by atoms with Crippen molar-refractivity contribution in [3.05, 3.63) is 126 Å². The number of nitrogens with one attached hydrogen (secondary N) is 6. The highest BCUT2D eigenvalue weighted by molar-refractivity contribution is 6.30. The topological polar surface area (TPSA) is 217 Å². The second-order valence-corrected chi connectivity index (χ2v) is 21.0. The van der Waals surface area contributed by atoms with Crippen LogP contribution in [0, 0.1) is 13.8 Å². The van der Waals surface area contributed by atoms with E-state index >= 15 is 0 Å². The molecule has 8 aromatic rings. The summed E-state index contributed by atoms with van der Waals surface area (Å²) < 4.78 is 32.1. The van der Waals surface area contributed by atoms with E-state index in [1.807, 2.05) is 12.1 Å². The number of H-pyrrole nitrogens is 4. The van der Waals surface area contributed by atoms with Crippen LogP contribution in [-0.4, -0.2) is 159 Å². The summed E-state index contributed by atoms with van der Waals surface area (Å²) in [4.78, 5) is 57.2. The number of piperidine rings is 2. The molecule has 2 aromatic carbocycles. The zero-order chi connectivity index (χ0) is 54.7. The lowest BCUT2D eigenvalue weighted by molar-refractivity contribution is 0.0243. The normalized spacial score (nSPS) is 14.9. The predicted octanol–water partition coefficient (Wildman–Crippen LogP) is 8.56. The van der Waals surface area contributed by atoms with Crippen LogP contribution in [0.2, 0.25) is 10.2 Å². The molecule has 416 valence electrons. The molecular weight excluding hydrogens is 1040 g/mol. The number of imidazole rings is 3. The number of likely N-dealkylation sites (tertiary alicyclic amines) is 2. The molecule has 2 aliphatic heterocycles. The highest BCUT2D eigenvalue weighted by atomic mass is 35.5. The molecule has 6 N–H and O–H groups in total. The molecule has 2 aliphatic rings. The van der Waals surface area contributed by atoms with E-state index in [9.17, 15) is 14.0 Å². The fourth-order valence-corrected chi connectivity index (χ4v) is 11.4. The maximum absolute atomic E-state index is 12.9. The number of aromatic nitrogens is 10. The van der Waals surface area contributed by atoms with Crippen LogP contribution in [-0.2, 0) is 33.7 Å². The summed E-state index contributed by atoms with van der Waals surface area (Å²) in [5, 5.41) is 11.9. The zero-order valence-electron chi connectivity index (χ0n) is 45.1. The highest BCUT2D eigenvalue weighted by Gasteiger charge is 2.28. The molecule has 0 spiro atoms. The molecule has 10 rings (SSSR count). The second-order valence-electron chi connectivity index (χ2n) is 20.2. The number of rotatable bonds is 22. The lowest BCUT2D eigenvalue weighted by Crippen LogP contribution is -2.45. The molecule has 0 unspecified atom stereocenters. The third-order valence-electron chi connectivity index (χ3n) is 15.0. The number of ether oxygens (including phenoxy) is 3. The summed E-state index contributed by atoms with van der Waals surface area (Å²) in [7, 11) is 5.23. The molecule has 6 aromatic heterocycles. The maximum atomic E-state index is 12.9. The first kappa shape index (κ1) is 56.3. The van der Waals surface area contributed by atoms with Gasteiger partial charge in [-0.3, -0.25) is 19.2 Å². The van der Waals surface area contributed by atoms with Crippen LogP contribution in [0.25, 0.3) is 44.8 Å². The van der Waals surface area contributed by atoms with Gasteiger partial charge >= 0.3 is 0 Å². The van der Waals surface area contributed by atoms with E-state index in [-0.39, 0.29) is 23.7 Å². The van der Waals surface area contributed by atoms with E-state index in [2.05, 4.69) is 88.6 Å². The number of alkyl halides is 1. The van der Waals surface area contributed by atoms with Crippen LogP contribution in [0.3, 0.4) is 0 Å². The highest BCUT2D eigenvalue weighted by Crippen LogP contribution is 2.35. The van der Waals surface area contributed by atoms with E-state index in [0.29, 0.717) is 101 Å². The summed E-state index contributed by atoms with van der Waals surface area (Å²) in [6.07, 6.45) is 13.1. The molecule has 8 heterocycles. The number of hydrogen-bond donors (Lipinski definition) is 6. The zero-order valence-corrected chi connectivity index (χ0v) is 46.6. The standard InChI is InChI=1S/C28H35ClFN7O2.C28H36ClN7O3/c1-18-15-20(19-5-10-36(11-6-19)13-14-39-2)16-23-25(18)35-27(34-23)24-21(3-9-32-28(24)38)31-8-4-22-26(29)37(12-7-30)17-33-22;1-18-12-20(19-5-9-35(10-6-19)22(16-38-2)17-39-3)13-24-26(18)34-27(33-24)25-23(4-7-31-28(25)37)30-8-11-36-15-21(29)14-32-36/h3,9,15-17,19H,4-8,10-14H2,1-2H3,(H,34,35)(H2,31,32,38);4,7,12-15,19,22H,5-6,8-11,16-17H2,1-3H3,(H,33,34)(H2,30,31,37). The summed E-state index contributed by atoms with van der Waals surface area (Å²) in [5.74, 6) is 2.04. The predicted molar refractivity (Wildman–Crippen MR) is 306 cm³/mol. The van der Waals surface area contributed by atoms with Crippen molar-refractivity contribution in [2.75, 3.05) is 104 Å². The summed E-state index contributed by atoms with van der Waals surface area (Å²) >= 11 is 12.3. The third-order valence-corrected chi connectivity index (χ3v) is 15.6. The Bertz CT molecular complexity index is 3360. The number of anilines is 2. The van der Waals surface area contributed by atoms with Gasteiger partial charge in [0.25, 0.3) is 11.1 Å². The number of methoxy groups -OCH3 is 3. The van der Waals surface area contributed by atoms with Gasteiger partial charge in [-0.05, 0) is 124 Å². The van der Waals surface area contributed by atoms with Gasteiger partial charge in [0.2, 0.25) is 0 Å². The number of aryl methyl sites for hydroxylation is 3. The van der Waals surface area contributed by atoms with Crippen molar-refractivity contribution in [1.29, 1.82) is 0 Å². The minimum atomic E-state index is -0.503. The Labute approximate surface area is 462 Å². The minimum absolute atomic E-state index is 0.179. The van der Waals surface area contributed by atoms with Gasteiger partial charge in [0.1, 0.15) is 34.6 Å². The minimum Gasteiger partial charge on any atom is -0.384 e. The van der Waals surface area contributed by atoms with E-state index in [1.165, 1.54) is 11.1 Å². The van der Waals surface area contributed by atoms with E-state index in [4.69, 9.17) is 47.4 Å². The number of hydrogen-bond acceptors (Lipinski definition) is 13. The first-order chi connectivity index (χ1) is 37.9. The first-order valence-corrected chi connectivity index (χ1v) is 27.5. The summed E-state index contributed by atoms with van der Waals surface area (Å²) in [6.45, 7) is 12.7. The van der Waals surface area contributed by atoms with Gasteiger partial charge in [-0.1, -0.05) is 35.3 Å². The second kappa shape index (κ2) is 26.5. The van der Waals surface area contributed by atoms with Gasteiger partial charge in [-0.2, -0.15) is 5.10 Å². The number of halogens is 3. The number of nitrogens with zero attached hydrogens (tertiary/aromatic N) is 8. The van der Waals surface area contributed by atoms with Crippen LogP contribution in [0.1, 0.15) is 65.5 Å². The molecule has 0 aliphatic carbocycles. The van der Waals surface area contributed by atoms with Crippen molar-refractivity contribution in [3.63, 3.8) is 0 Å². The van der Waals surface area contributed by atoms with E-state index < -0.39 is 6.67 Å². The van der Waals surface area contributed by atoms with E-state index in [0.717, 1.165) is 98.2 Å². The van der Waals surface area contributed by atoms with Gasteiger partial charge in [0, 0.05) is 66.0 Å². The fraction of sp³-hybridized carbons (Fsp3) is 0.464. The quantitative estimate of drug-likeness (QED) is 0.0376. The Morgan fingerprint density at radius 1 is 0.744 bits per heavy atom. The van der Waals surface area contributed by atoms with E-state index in [1.54, 1.807) is 61.7 Å². The van der Waals surface area contributed by atoms with Crippen LogP contribution >= 0.6 is 23.2 Å². The first-order valence-electron chi connectivity index (χ1n) is 26.7. The Hall–Kier alpha value is -6.39. The number of pyridine rings is 2. The van der Waals surface area contributed by atoms with Crippen molar-refractivity contribution >= 4 is 56.6 Å². The lowest BCUT2D eigenvalue weighted by Gasteiger charge is -2.37. The smallest absolute Gasteiger partial charge is 0.261 e. The Kier molecular flexibility index (Phi) is 19.1. The molecule has 0 saturated carbocycles. The number of aromatic amines is 4. The SMILES string of the molecule is COCC(COC)N1CCC(c2cc(C)c3nc(-c4c(NCCn5cc(Cl)cn5)cc[nH]c4=O)[nH]c3c2)CC1.COCCN1CCC(c2cc(C)c3nc(-c4c(NCCc5ncn(CCF)c5Cl)cc[nH]c4=O)[nH]c3c2)CC1. The molecule has 78 heavy (non-hydrogen) atoms. The molecule has 2 saturated heterocycles. The number of fused-ring (bicyclic) bond motifs is 2. The van der Waals surface area contributed by atoms with Crippen molar-refractivity contribution in [3.8, 4) is 22.8 Å². The van der Waals surface area contributed by atoms with Crippen molar-refractivity contribution in [1.82, 2.24) is 59.0 Å². The Balaban J connectivity index is 0.000000190. The average molecular weight is 1110 g/mol. The molecular formula is C56H71Cl2FN14O5.